The number of nitrogens with two attached hydrogens (primary N) is 1. The van der Waals surface area contributed by atoms with Gasteiger partial charge in [0.2, 0.25) is 5.91 Å². The molecule has 3 N–H and O–H groups in total. The van der Waals surface area contributed by atoms with Crippen molar-refractivity contribution < 1.29 is 32.3 Å². The molecule has 1 aliphatic heterocycles. The number of primary amides is 1. The van der Waals surface area contributed by atoms with Gasteiger partial charge in [-0.05, 0) is 37.6 Å². The number of anilines is 2. The second kappa shape index (κ2) is 8.60. The Morgan fingerprint density at radius 1 is 1.37 bits per heavy atom. The Labute approximate surface area is 171 Å². The van der Waals surface area contributed by atoms with Crippen molar-refractivity contribution in [3.8, 4) is 0 Å². The largest absolute Gasteiger partial charge is 0.418 e. The molecule has 1 heterocycles. The lowest BCUT2D eigenvalue weighted by molar-refractivity contribution is -0.138. The van der Waals surface area contributed by atoms with Crippen molar-refractivity contribution in [2.45, 2.75) is 38.0 Å². The molecule has 1 saturated carbocycles. The lowest BCUT2D eigenvalue weighted by Gasteiger charge is -2.30. The fourth-order valence-electron chi connectivity index (χ4n) is 3.56. The van der Waals surface area contributed by atoms with Gasteiger partial charge in [-0.3, -0.25) is 19.3 Å². The lowest BCUT2D eigenvalue weighted by atomic mass is 10.1. The Bertz CT molecular complexity index is 842. The minimum atomic E-state index is -4.76. The van der Waals surface area contributed by atoms with Crippen LogP contribution in [0, 0.1) is 0 Å². The first kappa shape index (κ1) is 22.0. The number of morpholine rings is 1. The van der Waals surface area contributed by atoms with Gasteiger partial charge in [-0.2, -0.15) is 13.2 Å². The molecule has 0 spiro atoms. The molecular weight excluding hydrogens is 405 g/mol. The number of likely N-dealkylation sites (N-methyl/N-ethyl adjacent to an activating group) is 1. The van der Waals surface area contributed by atoms with E-state index in [9.17, 15) is 27.6 Å². The predicted molar refractivity (Wildman–Crippen MR) is 102 cm³/mol. The summed E-state index contributed by atoms with van der Waals surface area (Å²) in [4.78, 5) is 39.2. The zero-order valence-corrected chi connectivity index (χ0v) is 16.4. The topological polar surface area (TPSA) is 105 Å². The molecule has 0 unspecified atom stereocenters. The molecule has 1 aliphatic carbocycles. The molecule has 164 valence electrons. The van der Waals surface area contributed by atoms with Crippen LogP contribution in [-0.2, 0) is 25.3 Å². The first-order valence-corrected chi connectivity index (χ1v) is 9.58. The van der Waals surface area contributed by atoms with Gasteiger partial charge in [0.15, 0.2) is 6.04 Å². The number of nitrogens with zero attached hydrogens (tertiary/aromatic N) is 2. The summed E-state index contributed by atoms with van der Waals surface area (Å²) in [5, 5.41) is 2.37. The van der Waals surface area contributed by atoms with E-state index in [0.717, 1.165) is 29.9 Å². The smallest absolute Gasteiger partial charge is 0.370 e. The van der Waals surface area contributed by atoms with E-state index in [2.05, 4.69) is 5.32 Å². The summed E-state index contributed by atoms with van der Waals surface area (Å²) in [5.74, 6) is -2.24. The molecule has 3 rings (SSSR count). The van der Waals surface area contributed by atoms with E-state index in [1.165, 1.54) is 6.07 Å². The van der Waals surface area contributed by atoms with Crippen LogP contribution in [0.3, 0.4) is 0 Å². The van der Waals surface area contributed by atoms with E-state index in [4.69, 9.17) is 10.5 Å². The summed E-state index contributed by atoms with van der Waals surface area (Å²) >= 11 is 0. The Balaban J connectivity index is 1.88. The average molecular weight is 428 g/mol. The predicted octanol–water partition coefficient (Wildman–Crippen LogP) is 1.35. The maximum absolute atomic E-state index is 13.7. The molecule has 2 aliphatic rings. The summed E-state index contributed by atoms with van der Waals surface area (Å²) in [6.07, 6.45) is -3.11. The normalized spacial score (nSPS) is 18.4. The minimum Gasteiger partial charge on any atom is -0.370 e. The number of alkyl halides is 3. The molecule has 1 saturated heterocycles. The highest BCUT2D eigenvalue weighted by Crippen LogP contribution is 2.39. The van der Waals surface area contributed by atoms with E-state index in [-0.39, 0.29) is 37.2 Å². The van der Waals surface area contributed by atoms with E-state index < -0.39 is 35.5 Å². The van der Waals surface area contributed by atoms with Crippen LogP contribution < -0.4 is 16.0 Å². The fourth-order valence-corrected chi connectivity index (χ4v) is 3.56. The molecule has 3 amide bonds. The number of hydrogen-bond acceptors (Lipinski definition) is 5. The number of ether oxygens (including phenoxy) is 1. The number of hydrogen-bond donors (Lipinski definition) is 2. The lowest BCUT2D eigenvalue weighted by Crippen LogP contribution is -2.53. The zero-order valence-electron chi connectivity index (χ0n) is 16.4. The average Bonchev–Trinajstić information content (AvgIpc) is 3.50. The first-order valence-electron chi connectivity index (χ1n) is 9.58. The molecule has 30 heavy (non-hydrogen) atoms. The van der Waals surface area contributed by atoms with Gasteiger partial charge in [-0.1, -0.05) is 6.92 Å². The zero-order chi connectivity index (χ0) is 22.1. The maximum atomic E-state index is 13.7. The third-order valence-electron chi connectivity index (χ3n) is 5.08. The summed E-state index contributed by atoms with van der Waals surface area (Å²) in [6.45, 7) is 1.99. The van der Waals surface area contributed by atoms with Crippen LogP contribution in [0.4, 0.5) is 24.5 Å². The third kappa shape index (κ3) is 4.73. The minimum absolute atomic E-state index is 0.00971. The highest BCUT2D eigenvalue weighted by atomic mass is 19.4. The second-order valence-electron chi connectivity index (χ2n) is 7.18. The number of halogens is 3. The van der Waals surface area contributed by atoms with Crippen molar-refractivity contribution in [3.05, 3.63) is 23.8 Å². The fraction of sp³-hybridized carbons (Fsp3) is 0.526. The van der Waals surface area contributed by atoms with Crippen molar-refractivity contribution in [1.29, 1.82) is 0 Å². The molecule has 1 aromatic carbocycles. The molecule has 0 bridgehead atoms. The van der Waals surface area contributed by atoms with Gasteiger partial charge in [-0.25, -0.2) is 0 Å². The summed E-state index contributed by atoms with van der Waals surface area (Å²) in [7, 11) is 0. The molecule has 0 aromatic heterocycles. The van der Waals surface area contributed by atoms with Crippen molar-refractivity contribution >= 4 is 29.1 Å². The quantitative estimate of drug-likeness (QED) is 0.638. The second-order valence-corrected chi connectivity index (χ2v) is 7.18. The number of carbonyl (C=O) groups excluding carboxylic acids is 3. The molecule has 2 fully saturated rings. The summed E-state index contributed by atoms with van der Waals surface area (Å²) in [6, 6.07) is 1.91. The van der Waals surface area contributed by atoms with Crippen LogP contribution in [0.25, 0.3) is 0 Å². The van der Waals surface area contributed by atoms with Crippen LogP contribution in [0.2, 0.25) is 0 Å². The van der Waals surface area contributed by atoms with E-state index >= 15 is 0 Å². The van der Waals surface area contributed by atoms with Gasteiger partial charge in [0.25, 0.3) is 11.8 Å². The molecule has 1 atom stereocenters. The van der Waals surface area contributed by atoms with Crippen molar-refractivity contribution in [3.63, 3.8) is 0 Å². The van der Waals surface area contributed by atoms with Gasteiger partial charge >= 0.3 is 6.18 Å². The van der Waals surface area contributed by atoms with Gasteiger partial charge in [0, 0.05) is 18.3 Å². The van der Waals surface area contributed by atoms with Crippen molar-refractivity contribution in [1.82, 2.24) is 4.90 Å². The van der Waals surface area contributed by atoms with Gasteiger partial charge < -0.3 is 20.7 Å². The number of nitrogens with one attached hydrogen (secondary N) is 1. The SMILES string of the molecule is CCN(C1CC1)[C@H](C(N)=O)C(=O)Nc1ccc(N2CCOCC2=O)c(C(F)(F)F)c1. The number of rotatable bonds is 7. The van der Waals surface area contributed by atoms with Gasteiger partial charge in [0.1, 0.15) is 6.61 Å². The van der Waals surface area contributed by atoms with E-state index in [1.807, 2.05) is 0 Å². The Kier molecular flexibility index (Phi) is 6.32. The Hall–Kier alpha value is -2.66. The number of amides is 3. The van der Waals surface area contributed by atoms with Crippen LogP contribution >= 0.6 is 0 Å². The molecule has 1 aromatic rings. The highest BCUT2D eigenvalue weighted by molar-refractivity contribution is 6.09. The first-order chi connectivity index (χ1) is 14.1. The Morgan fingerprint density at radius 3 is 2.60 bits per heavy atom. The van der Waals surface area contributed by atoms with Crippen LogP contribution in [0.15, 0.2) is 18.2 Å². The molecule has 8 nitrogen and oxygen atoms in total. The van der Waals surface area contributed by atoms with Crippen LogP contribution in [-0.4, -0.2) is 61.0 Å². The third-order valence-corrected chi connectivity index (χ3v) is 5.08. The van der Waals surface area contributed by atoms with E-state index in [0.29, 0.717) is 6.54 Å². The standard InChI is InChI=1S/C19H23F3N4O4/c1-2-25(12-4-5-12)16(17(23)28)18(29)24-11-3-6-14(13(9-11)19(20,21)22)26-7-8-30-10-15(26)27/h3,6,9,12,16H,2,4-5,7-8,10H2,1H3,(H2,23,28)(H,24,29)/t16-/m1/s1. The maximum Gasteiger partial charge on any atom is 0.418 e. The summed E-state index contributed by atoms with van der Waals surface area (Å²) in [5.41, 5.74) is 3.87. The monoisotopic (exact) mass is 428 g/mol. The van der Waals surface area contributed by atoms with Gasteiger partial charge in [0.05, 0.1) is 17.9 Å². The molecular formula is C19H23F3N4O4. The van der Waals surface area contributed by atoms with Crippen LogP contribution in [0.1, 0.15) is 25.3 Å². The van der Waals surface area contributed by atoms with Crippen molar-refractivity contribution in [2.75, 3.05) is 36.5 Å². The Morgan fingerprint density at radius 2 is 2.07 bits per heavy atom. The number of carbonyl (C=O) groups is 3. The highest BCUT2D eigenvalue weighted by Gasteiger charge is 2.40. The van der Waals surface area contributed by atoms with Crippen molar-refractivity contribution in [2.24, 2.45) is 5.73 Å². The summed E-state index contributed by atoms with van der Waals surface area (Å²) < 4.78 is 46.0. The van der Waals surface area contributed by atoms with Gasteiger partial charge in [-0.15, -0.1) is 0 Å². The molecule has 0 radical (unpaired) electrons. The molecule has 11 heteroatoms. The van der Waals surface area contributed by atoms with E-state index in [1.54, 1.807) is 11.8 Å². The number of benzene rings is 1. The van der Waals surface area contributed by atoms with Crippen LogP contribution in [0.5, 0.6) is 0 Å².